The van der Waals surface area contributed by atoms with Crippen LogP contribution >= 0.6 is 0 Å². The molecule has 0 aromatic heterocycles. The molecule has 3 heteroatoms. The third kappa shape index (κ3) is 3.14. The van der Waals surface area contributed by atoms with Crippen LogP contribution in [0.15, 0.2) is 48.5 Å². The molecule has 0 aliphatic carbocycles. The summed E-state index contributed by atoms with van der Waals surface area (Å²) in [5.41, 5.74) is 4.84. The lowest BCUT2D eigenvalue weighted by Gasteiger charge is -2.21. The molecule has 1 aliphatic rings. The van der Waals surface area contributed by atoms with E-state index in [2.05, 4.69) is 23.5 Å². The molecule has 0 bridgehead atoms. The van der Waals surface area contributed by atoms with E-state index in [1.807, 2.05) is 30.3 Å². The van der Waals surface area contributed by atoms with Crippen molar-refractivity contribution in [3.05, 3.63) is 70.8 Å². The number of nitrogens with one attached hydrogen (secondary N) is 1. The van der Waals surface area contributed by atoms with E-state index in [1.54, 1.807) is 0 Å². The Morgan fingerprint density at radius 2 is 1.90 bits per heavy atom. The maximum absolute atomic E-state index is 11.2. The predicted molar refractivity (Wildman–Crippen MR) is 82.4 cm³/mol. The van der Waals surface area contributed by atoms with Gasteiger partial charge in [0.15, 0.2) is 0 Å². The molecule has 2 N–H and O–H groups in total. The van der Waals surface area contributed by atoms with E-state index >= 15 is 0 Å². The van der Waals surface area contributed by atoms with Crippen molar-refractivity contribution in [2.45, 2.75) is 25.3 Å². The highest BCUT2D eigenvalue weighted by Crippen LogP contribution is 2.30. The van der Waals surface area contributed by atoms with Crippen LogP contribution in [0.4, 0.5) is 0 Å². The molecule has 1 atom stereocenters. The van der Waals surface area contributed by atoms with Gasteiger partial charge < -0.3 is 10.4 Å². The van der Waals surface area contributed by atoms with Crippen LogP contribution in [0.3, 0.4) is 0 Å². The summed E-state index contributed by atoms with van der Waals surface area (Å²) in [5, 5.41) is 12.6. The van der Waals surface area contributed by atoms with Crippen molar-refractivity contribution in [2.24, 2.45) is 0 Å². The van der Waals surface area contributed by atoms with Crippen LogP contribution in [0.1, 0.15) is 34.6 Å². The second-order valence-corrected chi connectivity index (χ2v) is 5.52. The van der Waals surface area contributed by atoms with Crippen LogP contribution < -0.4 is 5.32 Å². The number of carboxylic acids is 1. The summed E-state index contributed by atoms with van der Waals surface area (Å²) in [6.45, 7) is 1.90. The zero-order valence-corrected chi connectivity index (χ0v) is 11.9. The molecule has 0 fully saturated rings. The predicted octanol–water partition coefficient (Wildman–Crippen LogP) is 2.94. The van der Waals surface area contributed by atoms with Gasteiger partial charge in [0.05, 0.1) is 6.42 Å². The van der Waals surface area contributed by atoms with Gasteiger partial charge in [-0.2, -0.15) is 0 Å². The van der Waals surface area contributed by atoms with Crippen molar-refractivity contribution < 1.29 is 9.90 Å². The third-order valence-corrected chi connectivity index (χ3v) is 4.10. The van der Waals surface area contributed by atoms with E-state index in [4.69, 9.17) is 0 Å². The minimum absolute atomic E-state index is 0.0797. The van der Waals surface area contributed by atoms with Crippen molar-refractivity contribution in [2.75, 3.05) is 6.54 Å². The Morgan fingerprint density at radius 1 is 1.10 bits per heavy atom. The maximum Gasteiger partial charge on any atom is 0.304 e. The van der Waals surface area contributed by atoms with Crippen molar-refractivity contribution in [1.29, 1.82) is 0 Å². The average molecular weight is 281 g/mol. The van der Waals surface area contributed by atoms with Gasteiger partial charge in [-0.1, -0.05) is 48.5 Å². The summed E-state index contributed by atoms with van der Waals surface area (Å²) < 4.78 is 0. The standard InChI is InChI=1S/C18H19NO2/c20-18(21)11-17(13-4-2-1-3-5-13)15-6-7-16-12-19-9-8-14(16)10-15/h1-7,10,17,19H,8-9,11-12H2,(H,20,21). The maximum atomic E-state index is 11.2. The van der Waals surface area contributed by atoms with Crippen molar-refractivity contribution in [1.82, 2.24) is 5.32 Å². The zero-order valence-electron chi connectivity index (χ0n) is 11.9. The molecule has 2 aromatic rings. The fourth-order valence-electron chi connectivity index (χ4n) is 3.00. The first-order chi connectivity index (χ1) is 10.2. The van der Waals surface area contributed by atoms with Gasteiger partial charge in [0.1, 0.15) is 0 Å². The monoisotopic (exact) mass is 281 g/mol. The van der Waals surface area contributed by atoms with E-state index in [9.17, 15) is 9.90 Å². The molecule has 0 saturated carbocycles. The van der Waals surface area contributed by atoms with E-state index in [1.165, 1.54) is 11.1 Å². The van der Waals surface area contributed by atoms with Crippen molar-refractivity contribution >= 4 is 5.97 Å². The first-order valence-corrected chi connectivity index (χ1v) is 7.33. The Morgan fingerprint density at radius 3 is 2.67 bits per heavy atom. The van der Waals surface area contributed by atoms with Crippen LogP contribution in [0.2, 0.25) is 0 Å². The van der Waals surface area contributed by atoms with E-state index in [0.717, 1.165) is 30.6 Å². The Labute approximate surface area is 124 Å². The van der Waals surface area contributed by atoms with E-state index < -0.39 is 5.97 Å². The summed E-state index contributed by atoms with van der Waals surface area (Å²) in [5.74, 6) is -0.841. The minimum atomic E-state index is -0.761. The highest BCUT2D eigenvalue weighted by atomic mass is 16.4. The summed E-state index contributed by atoms with van der Waals surface area (Å²) in [6.07, 6.45) is 1.14. The number of hydrogen-bond acceptors (Lipinski definition) is 2. The van der Waals surface area contributed by atoms with Gasteiger partial charge in [0.25, 0.3) is 0 Å². The Kier molecular flexibility index (Phi) is 4.02. The topological polar surface area (TPSA) is 49.3 Å². The quantitative estimate of drug-likeness (QED) is 0.906. The molecule has 21 heavy (non-hydrogen) atoms. The van der Waals surface area contributed by atoms with Gasteiger partial charge in [0, 0.05) is 12.5 Å². The van der Waals surface area contributed by atoms with Crippen molar-refractivity contribution in [3.63, 3.8) is 0 Å². The molecule has 1 heterocycles. The fourth-order valence-corrected chi connectivity index (χ4v) is 3.00. The van der Waals surface area contributed by atoms with Gasteiger partial charge >= 0.3 is 5.97 Å². The van der Waals surface area contributed by atoms with Gasteiger partial charge in [0.2, 0.25) is 0 Å². The lowest BCUT2D eigenvalue weighted by molar-refractivity contribution is -0.137. The normalized spacial score (nSPS) is 15.2. The van der Waals surface area contributed by atoms with E-state index in [-0.39, 0.29) is 12.3 Å². The summed E-state index contributed by atoms with van der Waals surface area (Å²) in [7, 11) is 0. The Hall–Kier alpha value is -2.13. The van der Waals surface area contributed by atoms with Crippen LogP contribution in [-0.2, 0) is 17.8 Å². The van der Waals surface area contributed by atoms with Gasteiger partial charge in [-0.25, -0.2) is 0 Å². The smallest absolute Gasteiger partial charge is 0.304 e. The number of carbonyl (C=O) groups is 1. The van der Waals surface area contributed by atoms with Gasteiger partial charge in [-0.3, -0.25) is 4.79 Å². The number of rotatable bonds is 4. The number of benzene rings is 2. The lowest BCUT2D eigenvalue weighted by atomic mass is 9.86. The highest BCUT2D eigenvalue weighted by Gasteiger charge is 2.19. The summed E-state index contributed by atoms with van der Waals surface area (Å²) >= 11 is 0. The SMILES string of the molecule is O=C(O)CC(c1ccccc1)c1ccc2c(c1)CCNC2. The van der Waals surface area contributed by atoms with Gasteiger partial charge in [-0.15, -0.1) is 0 Å². The number of hydrogen-bond donors (Lipinski definition) is 2. The fraction of sp³-hybridized carbons (Fsp3) is 0.278. The van der Waals surface area contributed by atoms with E-state index in [0.29, 0.717) is 0 Å². The molecule has 3 nitrogen and oxygen atoms in total. The molecule has 3 rings (SSSR count). The molecule has 0 spiro atoms. The Balaban J connectivity index is 1.98. The number of carboxylic acid groups (broad SMARTS) is 1. The Bertz CT molecular complexity index is 637. The molecule has 1 aliphatic heterocycles. The second-order valence-electron chi connectivity index (χ2n) is 5.52. The molecule has 0 radical (unpaired) electrons. The largest absolute Gasteiger partial charge is 0.481 e. The first-order valence-electron chi connectivity index (χ1n) is 7.33. The lowest BCUT2D eigenvalue weighted by Crippen LogP contribution is -2.23. The molecule has 1 unspecified atom stereocenters. The second kappa shape index (κ2) is 6.10. The molecule has 0 amide bonds. The molecular weight excluding hydrogens is 262 g/mol. The average Bonchev–Trinajstić information content (AvgIpc) is 2.53. The third-order valence-electron chi connectivity index (χ3n) is 4.10. The van der Waals surface area contributed by atoms with Gasteiger partial charge in [-0.05, 0) is 35.2 Å². The highest BCUT2D eigenvalue weighted by molar-refractivity contribution is 5.69. The zero-order chi connectivity index (χ0) is 14.7. The van der Waals surface area contributed by atoms with Crippen LogP contribution in [-0.4, -0.2) is 17.6 Å². The summed E-state index contributed by atoms with van der Waals surface area (Å²) in [6, 6.07) is 16.3. The molecule has 108 valence electrons. The van der Waals surface area contributed by atoms with Crippen molar-refractivity contribution in [3.8, 4) is 0 Å². The minimum Gasteiger partial charge on any atom is -0.481 e. The van der Waals surface area contributed by atoms with Crippen LogP contribution in [0.5, 0.6) is 0 Å². The van der Waals surface area contributed by atoms with Crippen LogP contribution in [0.25, 0.3) is 0 Å². The summed E-state index contributed by atoms with van der Waals surface area (Å²) in [4.78, 5) is 11.2. The molecule has 2 aromatic carbocycles. The number of fused-ring (bicyclic) bond motifs is 1. The molecular formula is C18H19NO2. The van der Waals surface area contributed by atoms with Crippen LogP contribution in [0, 0.1) is 0 Å². The number of aliphatic carboxylic acids is 1. The molecule has 0 saturated heterocycles. The first kappa shape index (κ1) is 13.8.